The number of carbonyl (C=O) groups is 1. The molecular formula is C23H36N4O3. The van der Waals surface area contributed by atoms with E-state index in [0.717, 1.165) is 63.8 Å². The summed E-state index contributed by atoms with van der Waals surface area (Å²) in [6.45, 7) is 5.91. The summed E-state index contributed by atoms with van der Waals surface area (Å²) in [5.41, 5.74) is 1.34. The first-order valence-electron chi connectivity index (χ1n) is 11.0. The topological polar surface area (TPSA) is 66.4 Å². The molecule has 2 aliphatic rings. The van der Waals surface area contributed by atoms with Crippen LogP contribution in [0.5, 0.6) is 5.75 Å². The Labute approximate surface area is 180 Å². The van der Waals surface area contributed by atoms with E-state index in [2.05, 4.69) is 32.2 Å². The summed E-state index contributed by atoms with van der Waals surface area (Å²) in [7, 11) is 5.01. The Hall–Kier alpha value is -2.28. The number of carbonyl (C=O) groups excluding carboxylic acids is 1. The highest BCUT2D eigenvalue weighted by atomic mass is 16.5. The molecule has 7 nitrogen and oxygen atoms in total. The number of nitrogens with one attached hydrogen (secondary N) is 1. The van der Waals surface area contributed by atoms with Gasteiger partial charge in [0.15, 0.2) is 5.96 Å². The predicted molar refractivity (Wildman–Crippen MR) is 119 cm³/mol. The standard InChI is InChI=1S/C23H36N4O3/c1-24-23(27-14-10-20(11-15-27)22(28)30-3)25-16-18-8-12-26(13-9-18)17-19-4-6-21(29-2)7-5-19/h4-7,18,20H,8-17H2,1-3H3,(H,24,25). The number of benzene rings is 1. The molecule has 3 rings (SSSR count). The van der Waals surface area contributed by atoms with Crippen LogP contribution in [0.4, 0.5) is 0 Å². The van der Waals surface area contributed by atoms with Crippen molar-refractivity contribution in [2.45, 2.75) is 32.2 Å². The molecule has 0 aromatic heterocycles. The van der Waals surface area contributed by atoms with E-state index in [1.807, 2.05) is 19.2 Å². The minimum absolute atomic E-state index is 0.0272. The molecule has 1 N–H and O–H groups in total. The summed E-state index contributed by atoms with van der Waals surface area (Å²) in [4.78, 5) is 21.0. The minimum Gasteiger partial charge on any atom is -0.497 e. The van der Waals surface area contributed by atoms with Gasteiger partial charge in [0.1, 0.15) is 5.75 Å². The smallest absolute Gasteiger partial charge is 0.308 e. The molecule has 0 atom stereocenters. The SMILES string of the molecule is CN=C(NCC1CCN(Cc2ccc(OC)cc2)CC1)N1CCC(C(=O)OC)CC1. The molecule has 30 heavy (non-hydrogen) atoms. The third kappa shape index (κ3) is 6.11. The fourth-order valence-corrected chi connectivity index (χ4v) is 4.40. The highest BCUT2D eigenvalue weighted by Gasteiger charge is 2.27. The Kier molecular flexibility index (Phi) is 8.37. The first kappa shape index (κ1) is 22.4. The third-order valence-electron chi connectivity index (χ3n) is 6.36. The summed E-state index contributed by atoms with van der Waals surface area (Å²) in [5, 5.41) is 3.57. The van der Waals surface area contributed by atoms with Gasteiger partial charge in [0.05, 0.1) is 20.1 Å². The van der Waals surface area contributed by atoms with Gasteiger partial charge in [0.25, 0.3) is 0 Å². The number of hydrogen-bond donors (Lipinski definition) is 1. The fraction of sp³-hybridized carbons (Fsp3) is 0.652. The Morgan fingerprint density at radius 1 is 1.07 bits per heavy atom. The molecule has 0 bridgehead atoms. The molecule has 2 fully saturated rings. The van der Waals surface area contributed by atoms with Crippen molar-refractivity contribution in [3.63, 3.8) is 0 Å². The van der Waals surface area contributed by atoms with Crippen molar-refractivity contribution in [3.05, 3.63) is 29.8 Å². The minimum atomic E-state index is -0.0843. The number of methoxy groups -OCH3 is 2. The predicted octanol–water partition coefficient (Wildman–Crippen LogP) is 2.37. The van der Waals surface area contributed by atoms with E-state index in [9.17, 15) is 4.79 Å². The second kappa shape index (κ2) is 11.2. The molecule has 166 valence electrons. The molecule has 0 aliphatic carbocycles. The Balaban J connectivity index is 1.37. The van der Waals surface area contributed by atoms with Crippen LogP contribution in [0.2, 0.25) is 0 Å². The number of rotatable bonds is 6. The number of hydrogen-bond acceptors (Lipinski definition) is 5. The van der Waals surface area contributed by atoms with Crippen molar-refractivity contribution < 1.29 is 14.3 Å². The number of nitrogens with zero attached hydrogens (tertiary/aromatic N) is 3. The van der Waals surface area contributed by atoms with Crippen molar-refractivity contribution in [3.8, 4) is 5.75 Å². The molecule has 2 saturated heterocycles. The molecule has 0 spiro atoms. The van der Waals surface area contributed by atoms with Gasteiger partial charge in [0.2, 0.25) is 0 Å². The summed E-state index contributed by atoms with van der Waals surface area (Å²) in [5.74, 6) is 2.48. The second-order valence-electron chi connectivity index (χ2n) is 8.28. The first-order chi connectivity index (χ1) is 14.6. The van der Waals surface area contributed by atoms with Gasteiger partial charge in [-0.15, -0.1) is 0 Å². The summed E-state index contributed by atoms with van der Waals surface area (Å²) < 4.78 is 10.1. The van der Waals surface area contributed by atoms with Gasteiger partial charge >= 0.3 is 5.97 Å². The highest BCUT2D eigenvalue weighted by Crippen LogP contribution is 2.21. The van der Waals surface area contributed by atoms with Crippen LogP contribution in [0.15, 0.2) is 29.3 Å². The number of likely N-dealkylation sites (tertiary alicyclic amines) is 2. The van der Waals surface area contributed by atoms with E-state index in [1.54, 1.807) is 7.11 Å². The van der Waals surface area contributed by atoms with Crippen molar-refractivity contribution in [1.29, 1.82) is 0 Å². The molecule has 0 saturated carbocycles. The van der Waals surface area contributed by atoms with Gasteiger partial charge in [0, 0.05) is 33.2 Å². The summed E-state index contributed by atoms with van der Waals surface area (Å²) in [6, 6.07) is 8.37. The van der Waals surface area contributed by atoms with Gasteiger partial charge < -0.3 is 19.7 Å². The quantitative estimate of drug-likeness (QED) is 0.436. The normalized spacial score (nSPS) is 19.6. The molecule has 1 aromatic carbocycles. The maximum Gasteiger partial charge on any atom is 0.308 e. The molecule has 7 heteroatoms. The van der Waals surface area contributed by atoms with Crippen LogP contribution in [0.25, 0.3) is 0 Å². The first-order valence-corrected chi connectivity index (χ1v) is 11.0. The number of aliphatic imine (C=N–C) groups is 1. The fourth-order valence-electron chi connectivity index (χ4n) is 4.40. The monoisotopic (exact) mass is 416 g/mol. The molecule has 2 aliphatic heterocycles. The van der Waals surface area contributed by atoms with E-state index in [1.165, 1.54) is 25.5 Å². The van der Waals surface area contributed by atoms with Crippen LogP contribution >= 0.6 is 0 Å². The molecule has 2 heterocycles. The van der Waals surface area contributed by atoms with Gasteiger partial charge in [-0.25, -0.2) is 0 Å². The molecular weight excluding hydrogens is 380 g/mol. The number of guanidine groups is 1. The van der Waals surface area contributed by atoms with Crippen LogP contribution in [0.3, 0.4) is 0 Å². The van der Waals surface area contributed by atoms with Crippen LogP contribution < -0.4 is 10.1 Å². The zero-order chi connectivity index (χ0) is 21.3. The van der Waals surface area contributed by atoms with Crippen molar-refractivity contribution in [1.82, 2.24) is 15.1 Å². The van der Waals surface area contributed by atoms with E-state index < -0.39 is 0 Å². The van der Waals surface area contributed by atoms with Crippen LogP contribution in [-0.2, 0) is 16.1 Å². The van der Waals surface area contributed by atoms with E-state index in [0.29, 0.717) is 5.92 Å². The zero-order valence-electron chi connectivity index (χ0n) is 18.6. The lowest BCUT2D eigenvalue weighted by Crippen LogP contribution is -2.48. The molecule has 0 unspecified atom stereocenters. The third-order valence-corrected chi connectivity index (χ3v) is 6.36. The lowest BCUT2D eigenvalue weighted by atomic mass is 9.96. The van der Waals surface area contributed by atoms with Gasteiger partial charge in [-0.1, -0.05) is 12.1 Å². The average molecular weight is 417 g/mol. The second-order valence-corrected chi connectivity index (χ2v) is 8.28. The van der Waals surface area contributed by atoms with Gasteiger partial charge in [-0.3, -0.25) is 14.7 Å². The zero-order valence-corrected chi connectivity index (χ0v) is 18.6. The van der Waals surface area contributed by atoms with Crippen LogP contribution in [0, 0.1) is 11.8 Å². The maximum atomic E-state index is 11.7. The molecule has 1 aromatic rings. The van der Waals surface area contributed by atoms with E-state index in [-0.39, 0.29) is 11.9 Å². The highest BCUT2D eigenvalue weighted by molar-refractivity contribution is 5.80. The Bertz CT molecular complexity index is 691. The molecule has 0 radical (unpaired) electrons. The largest absolute Gasteiger partial charge is 0.497 e. The maximum absolute atomic E-state index is 11.7. The average Bonchev–Trinajstić information content (AvgIpc) is 2.81. The van der Waals surface area contributed by atoms with Crippen LogP contribution in [0.1, 0.15) is 31.2 Å². The van der Waals surface area contributed by atoms with Gasteiger partial charge in [-0.05, 0) is 62.4 Å². The van der Waals surface area contributed by atoms with E-state index >= 15 is 0 Å². The Morgan fingerprint density at radius 3 is 2.30 bits per heavy atom. The van der Waals surface area contributed by atoms with E-state index in [4.69, 9.17) is 9.47 Å². The van der Waals surface area contributed by atoms with Crippen molar-refractivity contribution in [2.75, 3.05) is 54.0 Å². The van der Waals surface area contributed by atoms with Crippen molar-refractivity contribution >= 4 is 11.9 Å². The lowest BCUT2D eigenvalue weighted by molar-refractivity contribution is -0.146. The Morgan fingerprint density at radius 2 is 1.73 bits per heavy atom. The number of esters is 1. The van der Waals surface area contributed by atoms with Gasteiger partial charge in [-0.2, -0.15) is 0 Å². The van der Waals surface area contributed by atoms with Crippen LogP contribution in [-0.4, -0.2) is 75.7 Å². The number of piperidine rings is 2. The lowest BCUT2D eigenvalue weighted by Gasteiger charge is -2.35. The number of ether oxygens (including phenoxy) is 2. The summed E-state index contributed by atoms with van der Waals surface area (Å²) >= 11 is 0. The van der Waals surface area contributed by atoms with Crippen molar-refractivity contribution in [2.24, 2.45) is 16.8 Å². The summed E-state index contributed by atoms with van der Waals surface area (Å²) in [6.07, 6.45) is 4.06. The molecule has 0 amide bonds.